The maximum absolute atomic E-state index is 11.7. The smallest absolute Gasteiger partial charge is 0.244 e. The average molecular weight is 237 g/mol. The molecule has 1 aromatic heterocycles. The molecule has 1 atom stereocenters. The van der Waals surface area contributed by atoms with Gasteiger partial charge in [0.2, 0.25) is 5.91 Å². The van der Waals surface area contributed by atoms with Crippen LogP contribution >= 0.6 is 0 Å². The molecule has 2 rings (SSSR count). The molecule has 1 saturated heterocycles. The minimum atomic E-state index is -0.384. The Labute approximate surface area is 99.0 Å². The van der Waals surface area contributed by atoms with Crippen LogP contribution < -0.4 is 16.0 Å². The molecule has 0 aliphatic carbocycles. The van der Waals surface area contributed by atoms with E-state index in [4.69, 9.17) is 10.5 Å². The summed E-state index contributed by atoms with van der Waals surface area (Å²) in [4.78, 5) is 21.7. The van der Waals surface area contributed by atoms with Crippen LogP contribution in [0.4, 0.5) is 11.6 Å². The van der Waals surface area contributed by atoms with Crippen molar-refractivity contribution in [3.8, 4) is 0 Å². The summed E-state index contributed by atoms with van der Waals surface area (Å²) in [5, 5.41) is 2.61. The predicted molar refractivity (Wildman–Crippen MR) is 62.5 cm³/mol. The fraction of sp³-hybridized carbons (Fsp3) is 0.500. The van der Waals surface area contributed by atoms with Crippen LogP contribution in [-0.4, -0.2) is 48.7 Å². The van der Waals surface area contributed by atoms with E-state index in [0.717, 1.165) is 0 Å². The lowest BCUT2D eigenvalue weighted by Crippen LogP contribution is -2.53. The summed E-state index contributed by atoms with van der Waals surface area (Å²) in [6.45, 7) is 1.50. The van der Waals surface area contributed by atoms with Crippen molar-refractivity contribution in [2.45, 2.75) is 6.04 Å². The van der Waals surface area contributed by atoms with Gasteiger partial charge in [-0.15, -0.1) is 0 Å². The summed E-state index contributed by atoms with van der Waals surface area (Å²) >= 11 is 0. The lowest BCUT2D eigenvalue weighted by atomic mass is 10.2. The first-order valence-corrected chi connectivity index (χ1v) is 5.36. The highest BCUT2D eigenvalue weighted by Gasteiger charge is 2.29. The first-order chi connectivity index (χ1) is 8.22. The molecule has 7 heteroatoms. The van der Waals surface area contributed by atoms with Crippen molar-refractivity contribution in [1.29, 1.82) is 0 Å². The van der Waals surface area contributed by atoms with Gasteiger partial charge in [0, 0.05) is 13.6 Å². The van der Waals surface area contributed by atoms with Crippen LogP contribution in [0.2, 0.25) is 0 Å². The van der Waals surface area contributed by atoms with Crippen molar-refractivity contribution in [1.82, 2.24) is 15.3 Å². The summed E-state index contributed by atoms with van der Waals surface area (Å²) in [7, 11) is 1.60. The second-order valence-electron chi connectivity index (χ2n) is 3.70. The number of carbonyl (C=O) groups excluding carboxylic acids is 1. The van der Waals surface area contributed by atoms with Crippen molar-refractivity contribution < 1.29 is 9.53 Å². The van der Waals surface area contributed by atoms with Crippen LogP contribution in [-0.2, 0) is 9.53 Å². The summed E-state index contributed by atoms with van der Waals surface area (Å²) in [5.74, 6) is 0.834. The second kappa shape index (κ2) is 4.96. The maximum atomic E-state index is 11.7. The van der Waals surface area contributed by atoms with Gasteiger partial charge in [-0.2, -0.15) is 0 Å². The molecule has 1 aliphatic heterocycles. The Morgan fingerprint density at radius 3 is 3.18 bits per heavy atom. The number of ether oxygens (including phenoxy) is 1. The number of hydrogen-bond acceptors (Lipinski definition) is 6. The molecule has 17 heavy (non-hydrogen) atoms. The van der Waals surface area contributed by atoms with Crippen molar-refractivity contribution in [2.75, 3.05) is 37.4 Å². The number of amides is 1. The largest absolute Gasteiger partial charge is 0.382 e. The highest BCUT2D eigenvalue weighted by atomic mass is 16.5. The van der Waals surface area contributed by atoms with E-state index >= 15 is 0 Å². The van der Waals surface area contributed by atoms with Gasteiger partial charge in [0.25, 0.3) is 0 Å². The lowest BCUT2D eigenvalue weighted by Gasteiger charge is -2.34. The van der Waals surface area contributed by atoms with E-state index in [0.29, 0.717) is 31.4 Å². The maximum Gasteiger partial charge on any atom is 0.244 e. The van der Waals surface area contributed by atoms with Crippen LogP contribution in [0, 0.1) is 0 Å². The molecule has 7 nitrogen and oxygen atoms in total. The van der Waals surface area contributed by atoms with E-state index in [-0.39, 0.29) is 11.9 Å². The molecule has 0 spiro atoms. The van der Waals surface area contributed by atoms with Gasteiger partial charge in [0.15, 0.2) is 0 Å². The van der Waals surface area contributed by atoms with E-state index in [1.54, 1.807) is 13.2 Å². The third-order valence-corrected chi connectivity index (χ3v) is 2.61. The van der Waals surface area contributed by atoms with E-state index in [2.05, 4.69) is 15.3 Å². The number of nitrogens with two attached hydrogens (primary N) is 1. The van der Waals surface area contributed by atoms with Crippen LogP contribution in [0.1, 0.15) is 0 Å². The number of carbonyl (C=O) groups is 1. The zero-order chi connectivity index (χ0) is 12.3. The van der Waals surface area contributed by atoms with Crippen molar-refractivity contribution in [2.24, 2.45) is 0 Å². The first-order valence-electron chi connectivity index (χ1n) is 5.36. The first kappa shape index (κ1) is 11.6. The zero-order valence-corrected chi connectivity index (χ0v) is 9.59. The number of nitrogens with one attached hydrogen (secondary N) is 1. The van der Waals surface area contributed by atoms with Gasteiger partial charge < -0.3 is 20.7 Å². The molecule has 0 saturated carbocycles. The third kappa shape index (κ3) is 2.44. The molecule has 0 bridgehead atoms. The Hall–Kier alpha value is -1.89. The highest BCUT2D eigenvalue weighted by Crippen LogP contribution is 2.17. The average Bonchev–Trinajstić information content (AvgIpc) is 2.38. The molecule has 1 aliphatic rings. The second-order valence-corrected chi connectivity index (χ2v) is 3.70. The fourth-order valence-corrected chi connectivity index (χ4v) is 1.77. The van der Waals surface area contributed by atoms with Crippen molar-refractivity contribution in [3.63, 3.8) is 0 Å². The minimum absolute atomic E-state index is 0.103. The molecule has 3 N–H and O–H groups in total. The number of likely N-dealkylation sites (N-methyl/N-ethyl adjacent to an activating group) is 1. The summed E-state index contributed by atoms with van der Waals surface area (Å²) < 4.78 is 5.31. The SMILES string of the molecule is CNC(=O)C1COCCN1c1cncc(N)n1. The van der Waals surface area contributed by atoms with E-state index in [1.807, 2.05) is 4.90 Å². The zero-order valence-electron chi connectivity index (χ0n) is 9.59. The normalized spacial score (nSPS) is 20.1. The summed E-state index contributed by atoms with van der Waals surface area (Å²) in [6.07, 6.45) is 3.07. The Balaban J connectivity index is 2.24. The summed E-state index contributed by atoms with van der Waals surface area (Å²) in [6, 6.07) is -0.384. The van der Waals surface area contributed by atoms with Gasteiger partial charge in [-0.3, -0.25) is 9.78 Å². The third-order valence-electron chi connectivity index (χ3n) is 2.61. The summed E-state index contributed by atoms with van der Waals surface area (Å²) in [5.41, 5.74) is 5.59. The van der Waals surface area contributed by atoms with E-state index in [9.17, 15) is 4.79 Å². The monoisotopic (exact) mass is 237 g/mol. The molecule has 92 valence electrons. The van der Waals surface area contributed by atoms with Gasteiger partial charge in [-0.1, -0.05) is 0 Å². The number of rotatable bonds is 2. The van der Waals surface area contributed by atoms with Crippen LogP contribution in [0.25, 0.3) is 0 Å². The van der Waals surface area contributed by atoms with Crippen LogP contribution in [0.15, 0.2) is 12.4 Å². The molecule has 2 heterocycles. The van der Waals surface area contributed by atoms with Crippen LogP contribution in [0.3, 0.4) is 0 Å². The molecule has 1 aromatic rings. The molecular weight excluding hydrogens is 222 g/mol. The lowest BCUT2D eigenvalue weighted by molar-refractivity contribution is -0.124. The number of anilines is 2. The Kier molecular flexibility index (Phi) is 3.38. The topological polar surface area (TPSA) is 93.4 Å². The highest BCUT2D eigenvalue weighted by molar-refractivity contribution is 5.85. The van der Waals surface area contributed by atoms with Gasteiger partial charge in [-0.25, -0.2) is 4.98 Å². The number of hydrogen-bond donors (Lipinski definition) is 2. The number of aromatic nitrogens is 2. The van der Waals surface area contributed by atoms with Gasteiger partial charge in [-0.05, 0) is 0 Å². The van der Waals surface area contributed by atoms with Gasteiger partial charge >= 0.3 is 0 Å². The predicted octanol–water partition coefficient (Wildman–Crippen LogP) is -0.990. The Morgan fingerprint density at radius 2 is 2.47 bits per heavy atom. The van der Waals surface area contributed by atoms with E-state index < -0.39 is 0 Å². The quantitative estimate of drug-likeness (QED) is 0.686. The van der Waals surface area contributed by atoms with Crippen molar-refractivity contribution in [3.05, 3.63) is 12.4 Å². The molecule has 1 unspecified atom stereocenters. The molecule has 1 fully saturated rings. The van der Waals surface area contributed by atoms with E-state index in [1.165, 1.54) is 6.20 Å². The van der Waals surface area contributed by atoms with Gasteiger partial charge in [0.05, 0.1) is 25.6 Å². The number of nitrogen functional groups attached to an aromatic ring is 1. The Morgan fingerprint density at radius 1 is 1.65 bits per heavy atom. The number of morpholine rings is 1. The standard InChI is InChI=1S/C10H15N5O2/c1-12-10(16)7-6-17-3-2-15(7)9-5-13-4-8(11)14-9/h4-5,7H,2-3,6H2,1H3,(H2,11,14)(H,12,16). The fourth-order valence-electron chi connectivity index (χ4n) is 1.77. The van der Waals surface area contributed by atoms with Crippen LogP contribution in [0.5, 0.6) is 0 Å². The van der Waals surface area contributed by atoms with Gasteiger partial charge in [0.1, 0.15) is 17.7 Å². The minimum Gasteiger partial charge on any atom is -0.382 e. The molecule has 0 radical (unpaired) electrons. The molecule has 1 amide bonds. The Bertz CT molecular complexity index is 411. The van der Waals surface area contributed by atoms with Crippen molar-refractivity contribution >= 4 is 17.5 Å². The molecular formula is C10H15N5O2. The molecule has 0 aromatic carbocycles. The number of nitrogens with zero attached hydrogens (tertiary/aromatic N) is 3.